The van der Waals surface area contributed by atoms with Gasteiger partial charge in [0.05, 0.1) is 23.7 Å². The third-order valence-corrected chi connectivity index (χ3v) is 6.24. The summed E-state index contributed by atoms with van der Waals surface area (Å²) in [6, 6.07) is 26.6. The number of amides is 1. The minimum Gasteiger partial charge on any atom is -0.494 e. The van der Waals surface area contributed by atoms with E-state index in [1.165, 1.54) is 5.56 Å². The molecule has 1 aromatic heterocycles. The molecule has 0 aliphatic carbocycles. The summed E-state index contributed by atoms with van der Waals surface area (Å²) in [4.78, 5) is 19.9. The van der Waals surface area contributed by atoms with Crippen LogP contribution >= 0.6 is 0 Å². The lowest BCUT2D eigenvalue weighted by atomic mass is 10.0. The molecule has 162 valence electrons. The molecule has 0 bridgehead atoms. The average molecular weight is 426 g/mol. The highest BCUT2D eigenvalue weighted by atomic mass is 16.5. The molecule has 5 rings (SSSR count). The highest BCUT2D eigenvalue weighted by molar-refractivity contribution is 5.96. The summed E-state index contributed by atoms with van der Waals surface area (Å²) in [5, 5.41) is 0. The Labute approximate surface area is 188 Å². The van der Waals surface area contributed by atoms with E-state index in [-0.39, 0.29) is 17.9 Å². The van der Waals surface area contributed by atoms with Crippen LogP contribution in [0.3, 0.4) is 0 Å². The van der Waals surface area contributed by atoms with E-state index in [9.17, 15) is 4.79 Å². The van der Waals surface area contributed by atoms with E-state index >= 15 is 0 Å². The Balaban J connectivity index is 1.50. The summed E-state index contributed by atoms with van der Waals surface area (Å²) < 4.78 is 7.85. The third-order valence-electron chi connectivity index (χ3n) is 6.24. The number of carbonyl (C=O) groups is 1. The zero-order chi connectivity index (χ0) is 22.1. The number of carbonyl (C=O) groups excluding carboxylic acids is 1. The van der Waals surface area contributed by atoms with Crippen molar-refractivity contribution in [2.45, 2.75) is 32.2 Å². The molecule has 0 N–H and O–H groups in total. The number of para-hydroxylation sites is 2. The van der Waals surface area contributed by atoms with Crippen molar-refractivity contribution in [3.8, 4) is 5.75 Å². The molecule has 0 radical (unpaired) electrons. The molecule has 1 fully saturated rings. The number of anilines is 1. The van der Waals surface area contributed by atoms with Gasteiger partial charge < -0.3 is 14.2 Å². The Kier molecular flexibility index (Phi) is 5.39. The fraction of sp³-hybridized carbons (Fsp3) is 0.259. The molecule has 1 saturated heterocycles. The summed E-state index contributed by atoms with van der Waals surface area (Å²) >= 11 is 0. The lowest BCUT2D eigenvalue weighted by molar-refractivity contribution is -0.117. The van der Waals surface area contributed by atoms with Crippen LogP contribution < -0.4 is 9.64 Å². The molecule has 3 aromatic carbocycles. The first-order valence-corrected chi connectivity index (χ1v) is 11.2. The number of imidazole rings is 1. The second-order valence-corrected chi connectivity index (χ2v) is 8.25. The van der Waals surface area contributed by atoms with Gasteiger partial charge in [-0.15, -0.1) is 0 Å². The first-order chi connectivity index (χ1) is 15.7. The highest BCUT2D eigenvalue weighted by Gasteiger charge is 2.35. The third kappa shape index (κ3) is 3.64. The highest BCUT2D eigenvalue weighted by Crippen LogP contribution is 2.36. The molecule has 4 aromatic rings. The van der Waals surface area contributed by atoms with Gasteiger partial charge in [-0.25, -0.2) is 4.98 Å². The van der Waals surface area contributed by atoms with Crippen LogP contribution in [0.1, 0.15) is 43.6 Å². The summed E-state index contributed by atoms with van der Waals surface area (Å²) in [5.41, 5.74) is 4.20. The van der Waals surface area contributed by atoms with Crippen LogP contribution in [0.15, 0.2) is 78.9 Å². The second-order valence-electron chi connectivity index (χ2n) is 8.25. The molecule has 0 unspecified atom stereocenters. The van der Waals surface area contributed by atoms with Crippen molar-refractivity contribution in [2.75, 3.05) is 18.1 Å². The number of rotatable bonds is 6. The fourth-order valence-electron chi connectivity index (χ4n) is 4.66. The van der Waals surface area contributed by atoms with Gasteiger partial charge in [-0.3, -0.25) is 4.79 Å². The number of hydrogen-bond donors (Lipinski definition) is 0. The smallest absolute Gasteiger partial charge is 0.227 e. The molecule has 2 heterocycles. The van der Waals surface area contributed by atoms with Gasteiger partial charge in [0.1, 0.15) is 11.6 Å². The normalized spacial score (nSPS) is 17.1. The van der Waals surface area contributed by atoms with Crippen LogP contribution in [0, 0.1) is 0 Å². The summed E-state index contributed by atoms with van der Waals surface area (Å²) in [7, 11) is 0. The van der Waals surface area contributed by atoms with Crippen LogP contribution in [0.4, 0.5) is 5.69 Å². The van der Waals surface area contributed by atoms with E-state index in [1.807, 2.05) is 60.4 Å². The van der Waals surface area contributed by atoms with E-state index < -0.39 is 0 Å². The summed E-state index contributed by atoms with van der Waals surface area (Å²) in [6.07, 6.45) is 0.456. The van der Waals surface area contributed by atoms with Crippen LogP contribution in [0.25, 0.3) is 11.0 Å². The second kappa shape index (κ2) is 8.50. The molecule has 2 atom stereocenters. The van der Waals surface area contributed by atoms with Crippen molar-refractivity contribution >= 4 is 22.6 Å². The van der Waals surface area contributed by atoms with Gasteiger partial charge in [-0.1, -0.05) is 42.5 Å². The van der Waals surface area contributed by atoms with Crippen molar-refractivity contribution in [3.63, 3.8) is 0 Å². The van der Waals surface area contributed by atoms with E-state index in [2.05, 4.69) is 41.8 Å². The molecule has 0 spiro atoms. The van der Waals surface area contributed by atoms with Gasteiger partial charge in [-0.05, 0) is 55.8 Å². The first kappa shape index (κ1) is 20.3. The largest absolute Gasteiger partial charge is 0.494 e. The Bertz CT molecular complexity index is 1230. The molecule has 32 heavy (non-hydrogen) atoms. The SMILES string of the molecule is CCOc1ccc(N2C[C@H](c3nc4ccccc4n3[C@@H](C)c3ccccc3)CC2=O)cc1. The Morgan fingerprint density at radius 1 is 1.00 bits per heavy atom. The Hall–Kier alpha value is -3.60. The predicted molar refractivity (Wildman–Crippen MR) is 127 cm³/mol. The average Bonchev–Trinajstić information content (AvgIpc) is 3.40. The number of aromatic nitrogens is 2. The van der Waals surface area contributed by atoms with Crippen LogP contribution in [-0.2, 0) is 4.79 Å². The zero-order valence-electron chi connectivity index (χ0n) is 18.4. The van der Waals surface area contributed by atoms with Crippen molar-refractivity contribution in [2.24, 2.45) is 0 Å². The van der Waals surface area contributed by atoms with Crippen LogP contribution in [-0.4, -0.2) is 28.6 Å². The number of hydrogen-bond acceptors (Lipinski definition) is 3. The number of fused-ring (bicyclic) bond motifs is 1. The minimum atomic E-state index is 0.0348. The van der Waals surface area contributed by atoms with Crippen molar-refractivity contribution in [1.82, 2.24) is 9.55 Å². The molecular formula is C27H27N3O2. The lowest BCUT2D eigenvalue weighted by Crippen LogP contribution is -2.24. The van der Waals surface area contributed by atoms with Gasteiger partial charge in [0.2, 0.25) is 5.91 Å². The fourth-order valence-corrected chi connectivity index (χ4v) is 4.66. The molecular weight excluding hydrogens is 398 g/mol. The maximum Gasteiger partial charge on any atom is 0.227 e. The maximum atomic E-state index is 13.0. The Morgan fingerprint density at radius 3 is 2.47 bits per heavy atom. The van der Waals surface area contributed by atoms with Gasteiger partial charge in [0, 0.05) is 24.6 Å². The maximum absolute atomic E-state index is 13.0. The topological polar surface area (TPSA) is 47.4 Å². The van der Waals surface area contributed by atoms with Crippen molar-refractivity contribution < 1.29 is 9.53 Å². The standard InChI is InChI=1S/C27H27N3O2/c1-3-32-23-15-13-22(14-16-23)29-18-21(17-26(29)31)27-28-24-11-7-8-12-25(24)30(27)19(2)20-9-5-4-6-10-20/h4-16,19,21H,3,17-18H2,1-2H3/t19-,21+/m0/s1. The Morgan fingerprint density at radius 2 is 1.72 bits per heavy atom. The van der Waals surface area contributed by atoms with E-state index in [0.717, 1.165) is 28.3 Å². The van der Waals surface area contributed by atoms with Crippen molar-refractivity contribution in [3.05, 3.63) is 90.3 Å². The molecule has 1 amide bonds. The molecule has 1 aliphatic heterocycles. The zero-order valence-corrected chi connectivity index (χ0v) is 18.4. The quantitative estimate of drug-likeness (QED) is 0.406. The van der Waals surface area contributed by atoms with Gasteiger partial charge in [-0.2, -0.15) is 0 Å². The number of ether oxygens (including phenoxy) is 1. The minimum absolute atomic E-state index is 0.0348. The van der Waals surface area contributed by atoms with Gasteiger partial charge >= 0.3 is 0 Å². The summed E-state index contributed by atoms with van der Waals surface area (Å²) in [6.45, 7) is 5.41. The van der Waals surface area contributed by atoms with Crippen LogP contribution in [0.5, 0.6) is 5.75 Å². The lowest BCUT2D eigenvalue weighted by Gasteiger charge is -2.21. The van der Waals surface area contributed by atoms with E-state index in [0.29, 0.717) is 19.6 Å². The molecule has 5 heteroatoms. The molecule has 1 aliphatic rings. The summed E-state index contributed by atoms with van der Waals surface area (Å²) in [5.74, 6) is 1.96. The number of nitrogens with zero attached hydrogens (tertiary/aromatic N) is 3. The monoisotopic (exact) mass is 425 g/mol. The van der Waals surface area contributed by atoms with Crippen LogP contribution in [0.2, 0.25) is 0 Å². The van der Waals surface area contributed by atoms with Gasteiger partial charge in [0.25, 0.3) is 0 Å². The van der Waals surface area contributed by atoms with Crippen molar-refractivity contribution in [1.29, 1.82) is 0 Å². The van der Waals surface area contributed by atoms with E-state index in [1.54, 1.807) is 0 Å². The predicted octanol–water partition coefficient (Wildman–Crippen LogP) is 5.56. The first-order valence-electron chi connectivity index (χ1n) is 11.2. The molecule has 5 nitrogen and oxygen atoms in total. The van der Waals surface area contributed by atoms with Gasteiger partial charge in [0.15, 0.2) is 0 Å². The molecule has 0 saturated carbocycles. The number of benzene rings is 3. The van der Waals surface area contributed by atoms with E-state index in [4.69, 9.17) is 9.72 Å².